The van der Waals surface area contributed by atoms with Gasteiger partial charge in [0.25, 0.3) is 0 Å². The lowest BCUT2D eigenvalue weighted by atomic mass is 9.86. The Morgan fingerprint density at radius 2 is 1.90 bits per heavy atom. The van der Waals surface area contributed by atoms with E-state index >= 15 is 0 Å². The Hall–Kier alpha value is -0.530. The number of aryl methyl sites for hydroxylation is 1. The molecule has 0 aromatic heterocycles. The molecule has 0 aliphatic heterocycles. The Labute approximate surface area is 129 Å². The van der Waals surface area contributed by atoms with Crippen molar-refractivity contribution in [2.24, 2.45) is 5.92 Å². The summed E-state index contributed by atoms with van der Waals surface area (Å²) >= 11 is 6.59. The van der Waals surface area contributed by atoms with Crippen LogP contribution in [0.2, 0.25) is 5.02 Å². The summed E-state index contributed by atoms with van der Waals surface area (Å²) in [6.45, 7) is 5.41. The average molecular weight is 294 g/mol. The Balaban J connectivity index is 2.23. The van der Waals surface area contributed by atoms with E-state index in [0.29, 0.717) is 6.04 Å². The van der Waals surface area contributed by atoms with Crippen molar-refractivity contribution in [3.8, 4) is 0 Å². The minimum atomic E-state index is 0.431. The molecule has 0 amide bonds. The van der Waals surface area contributed by atoms with Gasteiger partial charge in [0.1, 0.15) is 0 Å². The van der Waals surface area contributed by atoms with E-state index in [1.165, 1.54) is 56.1 Å². The van der Waals surface area contributed by atoms with E-state index in [0.717, 1.165) is 17.5 Å². The van der Waals surface area contributed by atoms with Gasteiger partial charge in [-0.15, -0.1) is 0 Å². The van der Waals surface area contributed by atoms with Crippen LogP contribution in [0, 0.1) is 12.8 Å². The summed E-state index contributed by atoms with van der Waals surface area (Å²) in [5.74, 6) is 0.739. The van der Waals surface area contributed by atoms with E-state index in [4.69, 9.17) is 11.6 Å². The quantitative estimate of drug-likeness (QED) is 0.691. The van der Waals surface area contributed by atoms with Gasteiger partial charge in [0, 0.05) is 11.1 Å². The van der Waals surface area contributed by atoms with Gasteiger partial charge in [0.15, 0.2) is 0 Å². The summed E-state index contributed by atoms with van der Waals surface area (Å²) in [6.07, 6.45) is 9.40. The molecule has 2 rings (SSSR count). The number of hydrogen-bond donors (Lipinski definition) is 1. The second kappa shape index (κ2) is 8.05. The molecule has 1 saturated carbocycles. The minimum Gasteiger partial charge on any atom is -0.310 e. The third kappa shape index (κ3) is 3.99. The van der Waals surface area contributed by atoms with Crippen LogP contribution in [0.25, 0.3) is 0 Å². The van der Waals surface area contributed by atoms with Gasteiger partial charge in [-0.1, -0.05) is 62.4 Å². The van der Waals surface area contributed by atoms with Gasteiger partial charge < -0.3 is 5.32 Å². The molecule has 1 aromatic rings. The van der Waals surface area contributed by atoms with Crippen molar-refractivity contribution < 1.29 is 0 Å². The van der Waals surface area contributed by atoms with Crippen molar-refractivity contribution in [1.82, 2.24) is 5.32 Å². The molecule has 112 valence electrons. The average Bonchev–Trinajstić information content (AvgIpc) is 2.73. The van der Waals surface area contributed by atoms with Crippen LogP contribution in [0.1, 0.15) is 69.0 Å². The highest BCUT2D eigenvalue weighted by molar-refractivity contribution is 6.32. The Morgan fingerprint density at radius 1 is 1.20 bits per heavy atom. The van der Waals surface area contributed by atoms with Crippen molar-refractivity contribution in [3.05, 3.63) is 34.3 Å². The molecule has 0 bridgehead atoms. The molecule has 1 N–H and O–H groups in total. The molecule has 0 radical (unpaired) electrons. The third-order valence-corrected chi connectivity index (χ3v) is 5.06. The largest absolute Gasteiger partial charge is 0.310 e. The first-order valence-electron chi connectivity index (χ1n) is 8.22. The maximum Gasteiger partial charge on any atom is 0.0483 e. The van der Waals surface area contributed by atoms with Gasteiger partial charge in [-0.3, -0.25) is 0 Å². The van der Waals surface area contributed by atoms with Gasteiger partial charge in [-0.25, -0.2) is 0 Å². The first-order valence-corrected chi connectivity index (χ1v) is 8.60. The summed E-state index contributed by atoms with van der Waals surface area (Å²) in [5.41, 5.74) is 2.51. The van der Waals surface area contributed by atoms with Crippen LogP contribution >= 0.6 is 11.6 Å². The molecule has 2 heteroatoms. The number of benzene rings is 1. The molecule has 1 fully saturated rings. The van der Waals surface area contributed by atoms with E-state index in [2.05, 4.69) is 37.4 Å². The molecule has 1 atom stereocenters. The summed E-state index contributed by atoms with van der Waals surface area (Å²) in [5, 5.41) is 4.73. The summed E-state index contributed by atoms with van der Waals surface area (Å²) in [6, 6.07) is 6.90. The topological polar surface area (TPSA) is 12.0 Å². The molecule has 1 aliphatic rings. The molecule has 1 nitrogen and oxygen atoms in total. The Morgan fingerprint density at radius 3 is 2.55 bits per heavy atom. The van der Waals surface area contributed by atoms with Crippen molar-refractivity contribution in [2.45, 2.75) is 64.8 Å². The monoisotopic (exact) mass is 293 g/mol. The standard InChI is InChI=1S/C18H28ClN/c1-3-13-20-18(15-10-6-4-5-7-11-15)16-12-8-9-14(2)17(16)19/h8-9,12,15,18,20H,3-7,10-11,13H2,1-2H3. The molecular formula is C18H28ClN. The first-order chi connectivity index (χ1) is 9.74. The maximum atomic E-state index is 6.59. The van der Waals surface area contributed by atoms with Crippen molar-refractivity contribution in [2.75, 3.05) is 6.54 Å². The zero-order valence-corrected chi connectivity index (χ0v) is 13.7. The summed E-state index contributed by atoms with van der Waals surface area (Å²) in [7, 11) is 0. The van der Waals surface area contributed by atoms with Crippen LogP contribution in [-0.4, -0.2) is 6.54 Å². The summed E-state index contributed by atoms with van der Waals surface area (Å²) < 4.78 is 0. The van der Waals surface area contributed by atoms with Crippen molar-refractivity contribution in [1.29, 1.82) is 0 Å². The normalized spacial score (nSPS) is 18.8. The Bertz CT molecular complexity index is 408. The van der Waals surface area contributed by atoms with Crippen LogP contribution < -0.4 is 5.32 Å². The molecule has 20 heavy (non-hydrogen) atoms. The molecule has 1 unspecified atom stereocenters. The number of rotatable bonds is 5. The van der Waals surface area contributed by atoms with Gasteiger partial charge in [-0.05, 0) is 49.8 Å². The Kier molecular flexibility index (Phi) is 6.38. The molecule has 1 aliphatic carbocycles. The number of hydrogen-bond acceptors (Lipinski definition) is 1. The zero-order valence-electron chi connectivity index (χ0n) is 12.9. The van der Waals surface area contributed by atoms with Crippen LogP contribution in [0.5, 0.6) is 0 Å². The zero-order chi connectivity index (χ0) is 14.4. The van der Waals surface area contributed by atoms with Gasteiger partial charge in [0.2, 0.25) is 0 Å². The van der Waals surface area contributed by atoms with Crippen molar-refractivity contribution >= 4 is 11.6 Å². The van der Waals surface area contributed by atoms with E-state index in [1.54, 1.807) is 0 Å². The maximum absolute atomic E-state index is 6.59. The number of halogens is 1. The van der Waals surface area contributed by atoms with E-state index in [9.17, 15) is 0 Å². The van der Waals surface area contributed by atoms with Crippen molar-refractivity contribution in [3.63, 3.8) is 0 Å². The lowest BCUT2D eigenvalue weighted by molar-refractivity contribution is 0.326. The van der Waals surface area contributed by atoms with E-state index in [1.807, 2.05) is 0 Å². The fraction of sp³-hybridized carbons (Fsp3) is 0.667. The molecule has 0 spiro atoms. The first kappa shape index (κ1) is 15.9. The van der Waals surface area contributed by atoms with Crippen LogP contribution in [0.3, 0.4) is 0 Å². The fourth-order valence-electron chi connectivity index (χ4n) is 3.38. The highest BCUT2D eigenvalue weighted by atomic mass is 35.5. The second-order valence-corrected chi connectivity index (χ2v) is 6.54. The smallest absolute Gasteiger partial charge is 0.0483 e. The van der Waals surface area contributed by atoms with Crippen LogP contribution in [-0.2, 0) is 0 Å². The molecular weight excluding hydrogens is 266 g/mol. The lowest BCUT2D eigenvalue weighted by Gasteiger charge is -2.29. The molecule has 0 saturated heterocycles. The van der Waals surface area contributed by atoms with E-state index in [-0.39, 0.29) is 0 Å². The lowest BCUT2D eigenvalue weighted by Crippen LogP contribution is -2.29. The SMILES string of the molecule is CCCNC(c1cccc(C)c1Cl)C1CCCCCC1. The molecule has 1 aromatic carbocycles. The predicted octanol–water partition coefficient (Wildman–Crippen LogP) is 5.66. The highest BCUT2D eigenvalue weighted by Crippen LogP contribution is 2.37. The van der Waals surface area contributed by atoms with Crippen LogP contribution in [0.4, 0.5) is 0 Å². The third-order valence-electron chi connectivity index (χ3n) is 4.54. The predicted molar refractivity (Wildman–Crippen MR) is 88.4 cm³/mol. The minimum absolute atomic E-state index is 0.431. The van der Waals surface area contributed by atoms with Gasteiger partial charge >= 0.3 is 0 Å². The summed E-state index contributed by atoms with van der Waals surface area (Å²) in [4.78, 5) is 0. The second-order valence-electron chi connectivity index (χ2n) is 6.16. The van der Waals surface area contributed by atoms with Gasteiger partial charge in [0.05, 0.1) is 0 Å². The van der Waals surface area contributed by atoms with E-state index < -0.39 is 0 Å². The number of nitrogens with one attached hydrogen (secondary N) is 1. The van der Waals surface area contributed by atoms with Gasteiger partial charge in [-0.2, -0.15) is 0 Å². The molecule has 0 heterocycles. The highest BCUT2D eigenvalue weighted by Gasteiger charge is 2.25. The van der Waals surface area contributed by atoms with Crippen LogP contribution in [0.15, 0.2) is 18.2 Å². The fourth-order valence-corrected chi connectivity index (χ4v) is 3.63.